The van der Waals surface area contributed by atoms with E-state index in [2.05, 4.69) is 15.0 Å². The lowest BCUT2D eigenvalue weighted by molar-refractivity contribution is 0.264. The van der Waals surface area contributed by atoms with E-state index in [1.54, 1.807) is 21.3 Å². The van der Waals surface area contributed by atoms with Gasteiger partial charge in [-0.25, -0.2) is 4.98 Å². The number of nitrogens with zero attached hydrogens (tertiary/aromatic N) is 4. The van der Waals surface area contributed by atoms with E-state index in [9.17, 15) is 5.11 Å². The highest BCUT2D eigenvalue weighted by molar-refractivity contribution is 7.17. The van der Waals surface area contributed by atoms with Gasteiger partial charge in [0.15, 0.2) is 11.5 Å². The first-order valence-electron chi connectivity index (χ1n) is 9.17. The summed E-state index contributed by atoms with van der Waals surface area (Å²) in [6.45, 7) is 3.69. The van der Waals surface area contributed by atoms with Gasteiger partial charge in [-0.2, -0.15) is 4.52 Å². The molecule has 1 atom stereocenters. The summed E-state index contributed by atoms with van der Waals surface area (Å²) >= 11 is 1.45. The minimum atomic E-state index is -0.189. The van der Waals surface area contributed by atoms with Crippen LogP contribution in [0.25, 0.3) is 4.96 Å². The van der Waals surface area contributed by atoms with Crippen LogP contribution in [0.15, 0.2) is 12.1 Å². The lowest BCUT2D eigenvalue weighted by atomic mass is 10.0. The monoisotopic (exact) mass is 404 g/mol. The van der Waals surface area contributed by atoms with E-state index in [1.807, 2.05) is 19.1 Å². The molecule has 1 N–H and O–H groups in total. The predicted molar refractivity (Wildman–Crippen MR) is 106 cm³/mol. The first kappa shape index (κ1) is 18.8. The maximum atomic E-state index is 10.9. The number of rotatable bonds is 6. The molecule has 0 spiro atoms. The number of fused-ring (bicyclic) bond motifs is 1. The fraction of sp³-hybridized carbons (Fsp3) is 0.474. The smallest absolute Gasteiger partial charge is 0.230 e. The fourth-order valence-corrected chi connectivity index (χ4v) is 5.02. The van der Waals surface area contributed by atoms with Gasteiger partial charge in [-0.15, -0.1) is 5.10 Å². The zero-order chi connectivity index (χ0) is 19.8. The average Bonchev–Trinajstić information content (AvgIpc) is 3.41. The Morgan fingerprint density at radius 2 is 1.79 bits per heavy atom. The minimum absolute atomic E-state index is 0.120. The molecule has 0 aliphatic carbocycles. The van der Waals surface area contributed by atoms with Crippen LogP contribution in [0.4, 0.5) is 0 Å². The number of hydrogen-bond acceptors (Lipinski definition) is 8. The molecule has 28 heavy (non-hydrogen) atoms. The van der Waals surface area contributed by atoms with Gasteiger partial charge >= 0.3 is 0 Å². The molecule has 1 aromatic carbocycles. The van der Waals surface area contributed by atoms with Crippen molar-refractivity contribution in [2.24, 2.45) is 0 Å². The SMILES string of the molecule is COc1ccc(C(c2sc3nc(C)nn3c2O)N2CCCC2)c(OC)c1OC. The van der Waals surface area contributed by atoms with Gasteiger partial charge in [0.2, 0.25) is 16.6 Å². The number of methoxy groups -OCH3 is 3. The summed E-state index contributed by atoms with van der Waals surface area (Å²) < 4.78 is 18.3. The van der Waals surface area contributed by atoms with Crippen LogP contribution in [0.3, 0.4) is 0 Å². The third-order valence-corrected chi connectivity index (χ3v) is 6.16. The van der Waals surface area contributed by atoms with Crippen molar-refractivity contribution < 1.29 is 19.3 Å². The Labute approximate surface area is 167 Å². The summed E-state index contributed by atoms with van der Waals surface area (Å²) in [6.07, 6.45) is 2.24. The number of hydrogen-bond donors (Lipinski definition) is 1. The molecule has 2 aromatic heterocycles. The summed E-state index contributed by atoms with van der Waals surface area (Å²) in [4.78, 5) is 8.23. The topological polar surface area (TPSA) is 81.4 Å². The van der Waals surface area contributed by atoms with E-state index in [1.165, 1.54) is 15.9 Å². The highest BCUT2D eigenvalue weighted by Crippen LogP contribution is 2.48. The van der Waals surface area contributed by atoms with Crippen molar-refractivity contribution in [1.29, 1.82) is 0 Å². The van der Waals surface area contributed by atoms with Gasteiger partial charge in [0.05, 0.1) is 32.2 Å². The Kier molecular flexibility index (Phi) is 5.03. The third kappa shape index (κ3) is 2.94. The van der Waals surface area contributed by atoms with Crippen LogP contribution < -0.4 is 14.2 Å². The Hall–Kier alpha value is -2.52. The number of benzene rings is 1. The normalized spacial score (nSPS) is 15.9. The fourth-order valence-electron chi connectivity index (χ4n) is 3.87. The number of aromatic hydroxyl groups is 1. The molecule has 1 aliphatic heterocycles. The lowest BCUT2D eigenvalue weighted by Crippen LogP contribution is -2.26. The van der Waals surface area contributed by atoms with Gasteiger partial charge in [-0.1, -0.05) is 11.3 Å². The first-order valence-corrected chi connectivity index (χ1v) is 9.98. The van der Waals surface area contributed by atoms with Crippen molar-refractivity contribution in [1.82, 2.24) is 19.5 Å². The summed E-state index contributed by atoms with van der Waals surface area (Å²) in [5, 5.41) is 15.2. The standard InChI is InChI=1S/C19H24N4O4S/c1-11-20-19-23(21-11)18(24)17(28-19)14(22-9-5-6-10-22)12-7-8-13(25-2)16(27-4)15(12)26-3/h7-8,14,24H,5-6,9-10H2,1-4H3. The molecule has 0 saturated carbocycles. The highest BCUT2D eigenvalue weighted by Gasteiger charge is 2.34. The number of aromatic nitrogens is 3. The molecule has 0 radical (unpaired) electrons. The second-order valence-corrected chi connectivity index (χ2v) is 7.72. The zero-order valence-electron chi connectivity index (χ0n) is 16.4. The second-order valence-electron chi connectivity index (χ2n) is 6.71. The molecule has 9 heteroatoms. The molecule has 1 unspecified atom stereocenters. The van der Waals surface area contributed by atoms with Crippen LogP contribution in [-0.2, 0) is 0 Å². The van der Waals surface area contributed by atoms with E-state index in [0.717, 1.165) is 36.4 Å². The van der Waals surface area contributed by atoms with Crippen molar-refractivity contribution in [2.75, 3.05) is 34.4 Å². The molecule has 0 bridgehead atoms. The Balaban J connectivity index is 1.92. The third-order valence-electron chi connectivity index (χ3n) is 5.09. The molecule has 0 amide bonds. The second kappa shape index (κ2) is 7.48. The molecule has 1 fully saturated rings. The van der Waals surface area contributed by atoms with Crippen LogP contribution in [0.2, 0.25) is 0 Å². The Morgan fingerprint density at radius 1 is 1.07 bits per heavy atom. The van der Waals surface area contributed by atoms with E-state index in [-0.39, 0.29) is 11.9 Å². The Morgan fingerprint density at radius 3 is 2.39 bits per heavy atom. The predicted octanol–water partition coefficient (Wildman–Crippen LogP) is 3.02. The molecular formula is C19H24N4O4S. The van der Waals surface area contributed by atoms with E-state index >= 15 is 0 Å². The van der Waals surface area contributed by atoms with Crippen LogP contribution >= 0.6 is 11.3 Å². The highest BCUT2D eigenvalue weighted by atomic mass is 32.1. The molecule has 3 heterocycles. The maximum Gasteiger partial charge on any atom is 0.230 e. The zero-order valence-corrected chi connectivity index (χ0v) is 17.2. The van der Waals surface area contributed by atoms with Crippen LogP contribution in [0.5, 0.6) is 23.1 Å². The number of aryl methyl sites for hydroxylation is 1. The average molecular weight is 404 g/mol. The first-order chi connectivity index (χ1) is 13.6. The summed E-state index contributed by atoms with van der Waals surface area (Å²) in [7, 11) is 4.81. The van der Waals surface area contributed by atoms with Crippen LogP contribution in [-0.4, -0.2) is 59.0 Å². The lowest BCUT2D eigenvalue weighted by Gasteiger charge is -2.29. The largest absolute Gasteiger partial charge is 0.493 e. The molecule has 4 rings (SSSR count). The number of thiazole rings is 1. The van der Waals surface area contributed by atoms with Gasteiger partial charge in [-0.3, -0.25) is 4.90 Å². The summed E-state index contributed by atoms with van der Waals surface area (Å²) in [6, 6.07) is 3.66. The van der Waals surface area contributed by atoms with Gasteiger partial charge in [0, 0.05) is 5.56 Å². The number of likely N-dealkylation sites (tertiary alicyclic amines) is 1. The molecule has 8 nitrogen and oxygen atoms in total. The summed E-state index contributed by atoms with van der Waals surface area (Å²) in [5.74, 6) is 2.50. The van der Waals surface area contributed by atoms with Crippen molar-refractivity contribution >= 4 is 16.3 Å². The quantitative estimate of drug-likeness (QED) is 0.676. The van der Waals surface area contributed by atoms with E-state index in [4.69, 9.17) is 14.2 Å². The van der Waals surface area contributed by atoms with Gasteiger partial charge in [0.1, 0.15) is 5.82 Å². The Bertz CT molecular complexity index is 994. The van der Waals surface area contributed by atoms with Crippen molar-refractivity contribution in [3.8, 4) is 23.1 Å². The molecule has 150 valence electrons. The molecule has 1 saturated heterocycles. The van der Waals surface area contributed by atoms with Gasteiger partial charge in [0.25, 0.3) is 0 Å². The van der Waals surface area contributed by atoms with Crippen LogP contribution in [0.1, 0.15) is 35.1 Å². The van der Waals surface area contributed by atoms with Crippen molar-refractivity contribution in [3.05, 3.63) is 28.4 Å². The van der Waals surface area contributed by atoms with E-state index in [0.29, 0.717) is 28.0 Å². The minimum Gasteiger partial charge on any atom is -0.493 e. The van der Waals surface area contributed by atoms with Crippen molar-refractivity contribution in [2.45, 2.75) is 25.8 Å². The molecule has 1 aliphatic rings. The molecule has 3 aromatic rings. The number of ether oxygens (including phenoxy) is 3. The summed E-state index contributed by atoms with van der Waals surface area (Å²) in [5.41, 5.74) is 0.915. The maximum absolute atomic E-state index is 10.9. The molecular weight excluding hydrogens is 380 g/mol. The van der Waals surface area contributed by atoms with Crippen molar-refractivity contribution in [3.63, 3.8) is 0 Å². The van der Waals surface area contributed by atoms with Gasteiger partial charge < -0.3 is 19.3 Å². The van der Waals surface area contributed by atoms with Gasteiger partial charge in [-0.05, 0) is 45.0 Å². The van der Waals surface area contributed by atoms with Crippen LogP contribution in [0, 0.1) is 6.92 Å². The van der Waals surface area contributed by atoms with E-state index < -0.39 is 0 Å².